The van der Waals surface area contributed by atoms with Crippen molar-refractivity contribution in [2.45, 2.75) is 6.42 Å². The predicted molar refractivity (Wildman–Crippen MR) is 58.0 cm³/mol. The van der Waals surface area contributed by atoms with Crippen LogP contribution in [0.1, 0.15) is 6.42 Å². The molecule has 0 unspecified atom stereocenters. The molecule has 0 aliphatic heterocycles. The molecule has 0 rings (SSSR count). The fraction of sp³-hybridized carbons (Fsp3) is 1.00. The fourth-order valence-corrected chi connectivity index (χ4v) is 1.27. The maximum absolute atomic E-state index is 5.53. The minimum atomic E-state index is 0.753. The van der Waals surface area contributed by atoms with Crippen LogP contribution in [-0.2, 0) is 0 Å². The van der Waals surface area contributed by atoms with E-state index in [9.17, 15) is 0 Å². The Hall–Kier alpha value is -0.160. The highest BCUT2D eigenvalue weighted by molar-refractivity contribution is 4.60. The van der Waals surface area contributed by atoms with Gasteiger partial charge in [-0.2, -0.15) is 0 Å². The summed E-state index contributed by atoms with van der Waals surface area (Å²) in [6, 6.07) is 0. The summed E-state index contributed by atoms with van der Waals surface area (Å²) in [6.45, 7) is 6.12. The van der Waals surface area contributed by atoms with E-state index in [0.717, 1.165) is 39.3 Å². The average Bonchev–Trinajstić information content (AvgIpc) is 2.14. The van der Waals surface area contributed by atoms with Crippen LogP contribution in [0, 0.1) is 0 Å². The number of likely N-dealkylation sites (N-methyl/N-ethyl adjacent to an activating group) is 1. The van der Waals surface area contributed by atoms with Crippen molar-refractivity contribution in [1.29, 1.82) is 0 Å². The highest BCUT2D eigenvalue weighted by atomic mass is 15.1. The number of nitrogens with two attached hydrogens (primary N) is 1. The van der Waals surface area contributed by atoms with E-state index >= 15 is 0 Å². The molecule has 0 heterocycles. The number of hydrogen-bond acceptors (Lipinski definition) is 4. The maximum Gasteiger partial charge on any atom is 0.0107 e. The lowest BCUT2D eigenvalue weighted by atomic mass is 10.3. The van der Waals surface area contributed by atoms with Gasteiger partial charge in [-0.1, -0.05) is 0 Å². The molecular formula is C9H24N4. The van der Waals surface area contributed by atoms with E-state index in [0.29, 0.717) is 0 Å². The van der Waals surface area contributed by atoms with Crippen molar-refractivity contribution in [2.24, 2.45) is 5.73 Å². The predicted octanol–water partition coefficient (Wildman–Crippen LogP) is -0.924. The molecule has 80 valence electrons. The van der Waals surface area contributed by atoms with Gasteiger partial charge >= 0.3 is 0 Å². The molecule has 0 aromatic carbocycles. The van der Waals surface area contributed by atoms with Crippen molar-refractivity contribution >= 4 is 0 Å². The molecule has 4 heteroatoms. The largest absolute Gasteiger partial charge is 0.329 e. The lowest BCUT2D eigenvalue weighted by molar-refractivity contribution is 0.279. The van der Waals surface area contributed by atoms with E-state index in [1.165, 1.54) is 6.42 Å². The standard InChI is InChI=1S/C9H24N4/c1-11-5-3-7-13(8-4-10)9-6-12-2/h11-12H,3-10H2,1-2H3. The van der Waals surface area contributed by atoms with Gasteiger partial charge in [0.15, 0.2) is 0 Å². The van der Waals surface area contributed by atoms with Crippen LogP contribution in [0.25, 0.3) is 0 Å². The second kappa shape index (κ2) is 9.92. The molecule has 0 aromatic heterocycles. The van der Waals surface area contributed by atoms with Gasteiger partial charge in [0.25, 0.3) is 0 Å². The van der Waals surface area contributed by atoms with Crippen LogP contribution in [0.5, 0.6) is 0 Å². The van der Waals surface area contributed by atoms with E-state index in [4.69, 9.17) is 5.73 Å². The van der Waals surface area contributed by atoms with Crippen molar-refractivity contribution in [3.05, 3.63) is 0 Å². The molecule has 0 bridgehead atoms. The Balaban J connectivity index is 3.41. The first kappa shape index (κ1) is 12.8. The quantitative estimate of drug-likeness (QED) is 0.410. The SMILES string of the molecule is CNCCCN(CCN)CCNC. The van der Waals surface area contributed by atoms with E-state index < -0.39 is 0 Å². The van der Waals surface area contributed by atoms with E-state index in [-0.39, 0.29) is 0 Å². The van der Waals surface area contributed by atoms with Crippen molar-refractivity contribution in [3.8, 4) is 0 Å². The first-order valence-corrected chi connectivity index (χ1v) is 5.06. The summed E-state index contributed by atoms with van der Waals surface area (Å²) in [5, 5.41) is 6.30. The molecule has 0 spiro atoms. The monoisotopic (exact) mass is 188 g/mol. The summed E-state index contributed by atoms with van der Waals surface area (Å²) in [5.74, 6) is 0. The van der Waals surface area contributed by atoms with Crippen molar-refractivity contribution < 1.29 is 0 Å². The van der Waals surface area contributed by atoms with E-state index in [2.05, 4.69) is 15.5 Å². The number of hydrogen-bond donors (Lipinski definition) is 3. The molecule has 0 atom stereocenters. The van der Waals surface area contributed by atoms with Crippen LogP contribution >= 0.6 is 0 Å². The Morgan fingerprint density at radius 3 is 2.23 bits per heavy atom. The zero-order valence-electron chi connectivity index (χ0n) is 8.97. The summed E-state index contributed by atoms with van der Waals surface area (Å²) < 4.78 is 0. The second-order valence-corrected chi connectivity index (χ2v) is 3.19. The number of nitrogens with zero attached hydrogens (tertiary/aromatic N) is 1. The Bertz CT molecular complexity index is 97.6. The number of rotatable bonds is 9. The Morgan fingerprint density at radius 2 is 1.69 bits per heavy atom. The first-order valence-electron chi connectivity index (χ1n) is 5.06. The van der Waals surface area contributed by atoms with Crippen LogP contribution in [0.3, 0.4) is 0 Å². The third kappa shape index (κ3) is 8.18. The van der Waals surface area contributed by atoms with Gasteiger partial charge < -0.3 is 21.3 Å². The topological polar surface area (TPSA) is 53.3 Å². The lowest BCUT2D eigenvalue weighted by Crippen LogP contribution is -2.36. The summed E-state index contributed by atoms with van der Waals surface area (Å²) in [7, 11) is 3.97. The Kier molecular flexibility index (Phi) is 9.80. The molecule has 0 aliphatic carbocycles. The average molecular weight is 188 g/mol. The molecule has 0 saturated carbocycles. The minimum Gasteiger partial charge on any atom is -0.329 e. The Labute approximate surface area is 81.9 Å². The van der Waals surface area contributed by atoms with Crippen molar-refractivity contribution in [3.63, 3.8) is 0 Å². The molecule has 4 N–H and O–H groups in total. The summed E-state index contributed by atoms with van der Waals surface area (Å²) >= 11 is 0. The maximum atomic E-state index is 5.53. The van der Waals surface area contributed by atoms with Gasteiger partial charge in [0.2, 0.25) is 0 Å². The highest BCUT2D eigenvalue weighted by Gasteiger charge is 2.01. The van der Waals surface area contributed by atoms with Crippen molar-refractivity contribution in [1.82, 2.24) is 15.5 Å². The highest BCUT2D eigenvalue weighted by Crippen LogP contribution is 1.88. The minimum absolute atomic E-state index is 0.753. The molecule has 4 nitrogen and oxygen atoms in total. The normalized spacial score (nSPS) is 11.1. The van der Waals surface area contributed by atoms with Crippen molar-refractivity contribution in [2.75, 3.05) is 53.4 Å². The van der Waals surface area contributed by atoms with Gasteiger partial charge in [-0.15, -0.1) is 0 Å². The third-order valence-electron chi connectivity index (χ3n) is 2.02. The second-order valence-electron chi connectivity index (χ2n) is 3.19. The van der Waals surface area contributed by atoms with Gasteiger partial charge in [0.05, 0.1) is 0 Å². The van der Waals surface area contributed by atoms with Gasteiger partial charge in [0, 0.05) is 26.2 Å². The van der Waals surface area contributed by atoms with Gasteiger partial charge in [-0.3, -0.25) is 0 Å². The fourth-order valence-electron chi connectivity index (χ4n) is 1.27. The zero-order valence-corrected chi connectivity index (χ0v) is 8.97. The summed E-state index contributed by atoms with van der Waals surface area (Å²) in [5.41, 5.74) is 5.53. The summed E-state index contributed by atoms with van der Waals surface area (Å²) in [4.78, 5) is 2.40. The van der Waals surface area contributed by atoms with Crippen LogP contribution in [-0.4, -0.2) is 58.3 Å². The van der Waals surface area contributed by atoms with Crippen LogP contribution in [0.2, 0.25) is 0 Å². The molecule has 13 heavy (non-hydrogen) atoms. The van der Waals surface area contributed by atoms with Gasteiger partial charge in [0.1, 0.15) is 0 Å². The molecule has 0 saturated heterocycles. The van der Waals surface area contributed by atoms with E-state index in [1.54, 1.807) is 0 Å². The van der Waals surface area contributed by atoms with Crippen LogP contribution in [0.15, 0.2) is 0 Å². The van der Waals surface area contributed by atoms with Crippen LogP contribution in [0.4, 0.5) is 0 Å². The first-order chi connectivity index (χ1) is 6.35. The summed E-state index contributed by atoms with van der Waals surface area (Å²) in [6.07, 6.45) is 1.19. The molecule has 0 aliphatic rings. The molecular weight excluding hydrogens is 164 g/mol. The van der Waals surface area contributed by atoms with Gasteiger partial charge in [-0.05, 0) is 33.6 Å². The molecule has 0 aromatic rings. The Morgan fingerprint density at radius 1 is 1.00 bits per heavy atom. The molecule has 0 radical (unpaired) electrons. The lowest BCUT2D eigenvalue weighted by Gasteiger charge is -2.21. The third-order valence-corrected chi connectivity index (χ3v) is 2.02. The smallest absolute Gasteiger partial charge is 0.0107 e. The molecule has 0 fully saturated rings. The number of nitrogens with one attached hydrogen (secondary N) is 2. The van der Waals surface area contributed by atoms with Gasteiger partial charge in [-0.25, -0.2) is 0 Å². The van der Waals surface area contributed by atoms with E-state index in [1.807, 2.05) is 14.1 Å². The zero-order chi connectivity index (χ0) is 9.94. The molecule has 0 amide bonds. The van der Waals surface area contributed by atoms with Crippen LogP contribution < -0.4 is 16.4 Å².